The van der Waals surface area contributed by atoms with E-state index < -0.39 is 29.5 Å². The zero-order chi connectivity index (χ0) is 19.6. The Bertz CT molecular complexity index is 761. The Morgan fingerprint density at radius 2 is 1.93 bits per heavy atom. The monoisotopic (exact) mass is 397 g/mol. The number of piperazine rings is 1. The zero-order valence-electron chi connectivity index (χ0n) is 15.0. The molecule has 27 heavy (non-hydrogen) atoms. The Hall–Kier alpha value is -2.16. The molecular weight excluding hydrogens is 376 g/mol. The summed E-state index contributed by atoms with van der Waals surface area (Å²) in [6, 6.07) is 2.88. The summed E-state index contributed by atoms with van der Waals surface area (Å²) in [6.07, 6.45) is 0.438. The highest BCUT2D eigenvalue weighted by atomic mass is 32.2. The number of urea groups is 1. The van der Waals surface area contributed by atoms with Gasteiger partial charge in [0.15, 0.2) is 0 Å². The van der Waals surface area contributed by atoms with E-state index in [4.69, 9.17) is 0 Å². The first-order valence-corrected chi connectivity index (χ1v) is 9.93. The van der Waals surface area contributed by atoms with Crippen LogP contribution in [0, 0.1) is 11.6 Å². The lowest BCUT2D eigenvalue weighted by molar-refractivity contribution is -0.153. The number of carbonyl (C=O) groups is 3. The van der Waals surface area contributed by atoms with E-state index in [9.17, 15) is 23.2 Å². The Morgan fingerprint density at radius 3 is 2.67 bits per heavy atom. The molecular formula is C18H21F2N3O3S. The van der Waals surface area contributed by atoms with Crippen LogP contribution in [-0.4, -0.2) is 71.0 Å². The first kappa shape index (κ1) is 19.6. The van der Waals surface area contributed by atoms with Gasteiger partial charge in [-0.3, -0.25) is 14.5 Å². The highest BCUT2D eigenvalue weighted by Crippen LogP contribution is 2.36. The molecule has 2 aliphatic heterocycles. The lowest BCUT2D eigenvalue weighted by atomic mass is 10.1. The Balaban J connectivity index is 1.67. The van der Waals surface area contributed by atoms with Crippen LogP contribution in [-0.2, 0) is 9.59 Å². The van der Waals surface area contributed by atoms with Crippen LogP contribution in [0.4, 0.5) is 13.6 Å². The molecule has 146 valence electrons. The van der Waals surface area contributed by atoms with Crippen molar-refractivity contribution in [3.8, 4) is 0 Å². The highest BCUT2D eigenvalue weighted by molar-refractivity contribution is 7.99. The van der Waals surface area contributed by atoms with Gasteiger partial charge in [-0.15, -0.1) is 0 Å². The second-order valence-electron chi connectivity index (χ2n) is 6.43. The average molecular weight is 397 g/mol. The molecule has 4 amide bonds. The van der Waals surface area contributed by atoms with Gasteiger partial charge in [0.25, 0.3) is 0 Å². The zero-order valence-corrected chi connectivity index (χ0v) is 15.8. The molecule has 2 saturated heterocycles. The number of halogens is 2. The summed E-state index contributed by atoms with van der Waals surface area (Å²) in [6.45, 7) is 3.39. The molecule has 3 rings (SSSR count). The van der Waals surface area contributed by atoms with Gasteiger partial charge >= 0.3 is 17.8 Å². The van der Waals surface area contributed by atoms with E-state index in [1.54, 1.807) is 6.92 Å². The molecule has 6 nitrogen and oxygen atoms in total. The molecule has 0 radical (unpaired) electrons. The minimum Gasteiger partial charge on any atom is -0.333 e. The maximum absolute atomic E-state index is 14.0. The lowest BCUT2D eigenvalue weighted by Crippen LogP contribution is -2.58. The largest absolute Gasteiger partial charge is 0.333 e. The van der Waals surface area contributed by atoms with Crippen molar-refractivity contribution in [1.29, 1.82) is 0 Å². The van der Waals surface area contributed by atoms with Gasteiger partial charge in [0.2, 0.25) is 0 Å². The summed E-state index contributed by atoms with van der Waals surface area (Å²) in [5.74, 6) is -1.91. The molecule has 0 N–H and O–H groups in total. The molecule has 1 atom stereocenters. The van der Waals surface area contributed by atoms with E-state index in [2.05, 4.69) is 0 Å². The summed E-state index contributed by atoms with van der Waals surface area (Å²) in [5, 5.41) is -0.271. The molecule has 0 saturated carbocycles. The first-order chi connectivity index (χ1) is 12.9. The van der Waals surface area contributed by atoms with Gasteiger partial charge < -0.3 is 9.80 Å². The van der Waals surface area contributed by atoms with Crippen molar-refractivity contribution in [2.45, 2.75) is 18.6 Å². The third kappa shape index (κ3) is 4.07. The average Bonchev–Trinajstić information content (AvgIpc) is 2.91. The number of likely N-dealkylation sites (N-methyl/N-ethyl adjacent to an activating group) is 1. The fraction of sp³-hybridized carbons (Fsp3) is 0.500. The van der Waals surface area contributed by atoms with Crippen LogP contribution in [0.25, 0.3) is 0 Å². The minimum atomic E-state index is -0.808. The normalized spacial score (nSPS) is 21.4. The molecule has 0 aromatic heterocycles. The van der Waals surface area contributed by atoms with Gasteiger partial charge in [-0.05, 0) is 31.5 Å². The van der Waals surface area contributed by atoms with Crippen molar-refractivity contribution in [2.75, 3.05) is 38.5 Å². The van der Waals surface area contributed by atoms with Crippen molar-refractivity contribution >= 4 is 29.6 Å². The Morgan fingerprint density at radius 1 is 1.15 bits per heavy atom. The van der Waals surface area contributed by atoms with Crippen LogP contribution < -0.4 is 0 Å². The van der Waals surface area contributed by atoms with Crippen molar-refractivity contribution in [1.82, 2.24) is 14.7 Å². The molecule has 2 aliphatic rings. The van der Waals surface area contributed by atoms with Crippen molar-refractivity contribution in [2.24, 2.45) is 0 Å². The fourth-order valence-corrected chi connectivity index (χ4v) is 4.54. The number of carbonyl (C=O) groups excluding carboxylic acids is 3. The van der Waals surface area contributed by atoms with E-state index in [1.165, 1.54) is 27.6 Å². The smallest absolute Gasteiger partial charge is 0.327 e. The second kappa shape index (κ2) is 8.24. The molecule has 0 spiro atoms. The summed E-state index contributed by atoms with van der Waals surface area (Å²) in [5.41, 5.74) is 0.289. The highest BCUT2D eigenvalue weighted by Gasteiger charge is 2.38. The summed E-state index contributed by atoms with van der Waals surface area (Å²) < 4.78 is 27.5. The molecule has 1 aromatic rings. The molecule has 2 heterocycles. The van der Waals surface area contributed by atoms with Crippen LogP contribution in [0.2, 0.25) is 0 Å². The van der Waals surface area contributed by atoms with E-state index >= 15 is 0 Å². The summed E-state index contributed by atoms with van der Waals surface area (Å²) in [4.78, 5) is 40.9. The minimum absolute atomic E-state index is 0.169. The first-order valence-electron chi connectivity index (χ1n) is 8.88. The van der Waals surface area contributed by atoms with Crippen LogP contribution in [0.15, 0.2) is 18.2 Å². The molecule has 2 fully saturated rings. The van der Waals surface area contributed by atoms with Crippen molar-refractivity contribution in [3.63, 3.8) is 0 Å². The van der Waals surface area contributed by atoms with Gasteiger partial charge in [-0.25, -0.2) is 13.6 Å². The van der Waals surface area contributed by atoms with Crippen molar-refractivity contribution in [3.05, 3.63) is 35.4 Å². The maximum atomic E-state index is 14.0. The SMILES string of the molecule is CCN1CCN(C(=O)N2CCSC(c3cc(F)ccc3F)CC2)C(=O)C1=O. The van der Waals surface area contributed by atoms with Gasteiger partial charge in [0.1, 0.15) is 11.6 Å². The number of imide groups is 1. The second-order valence-corrected chi connectivity index (χ2v) is 7.74. The van der Waals surface area contributed by atoms with Gasteiger partial charge in [-0.1, -0.05) is 0 Å². The number of thioether (sulfide) groups is 1. The number of benzene rings is 1. The van der Waals surface area contributed by atoms with Crippen LogP contribution in [0.5, 0.6) is 0 Å². The third-order valence-corrected chi connectivity index (χ3v) is 6.15. The third-order valence-electron chi connectivity index (χ3n) is 4.84. The number of hydrogen-bond donors (Lipinski definition) is 0. The van der Waals surface area contributed by atoms with Crippen LogP contribution in [0.1, 0.15) is 24.2 Å². The molecule has 9 heteroatoms. The standard InChI is InChI=1S/C18H21F2N3O3S/c1-2-21-7-8-23(17(25)16(21)24)18(26)22-6-5-15(27-10-9-22)13-11-12(19)3-4-14(13)20/h3-4,11,15H,2,5-10H2,1H3. The topological polar surface area (TPSA) is 60.9 Å². The molecule has 0 aliphatic carbocycles. The van der Waals surface area contributed by atoms with Crippen molar-refractivity contribution < 1.29 is 23.2 Å². The quantitative estimate of drug-likeness (QED) is 0.719. The number of amides is 4. The molecule has 0 bridgehead atoms. The van der Waals surface area contributed by atoms with Crippen LogP contribution >= 0.6 is 11.8 Å². The van der Waals surface area contributed by atoms with Gasteiger partial charge in [-0.2, -0.15) is 11.8 Å². The van der Waals surface area contributed by atoms with E-state index in [0.29, 0.717) is 38.4 Å². The van der Waals surface area contributed by atoms with Gasteiger partial charge in [0, 0.05) is 49.3 Å². The predicted octanol–water partition coefficient (Wildman–Crippen LogP) is 2.26. The Labute approximate surface area is 160 Å². The van der Waals surface area contributed by atoms with Gasteiger partial charge in [0.05, 0.1) is 0 Å². The number of rotatable bonds is 2. The molecule has 1 aromatic carbocycles. The van der Waals surface area contributed by atoms with E-state index in [0.717, 1.165) is 17.0 Å². The number of hydrogen-bond acceptors (Lipinski definition) is 4. The number of nitrogens with zero attached hydrogens (tertiary/aromatic N) is 3. The Kier molecular flexibility index (Phi) is 5.98. The fourth-order valence-electron chi connectivity index (χ4n) is 3.30. The lowest BCUT2D eigenvalue weighted by Gasteiger charge is -2.34. The maximum Gasteiger partial charge on any atom is 0.327 e. The van der Waals surface area contributed by atoms with Crippen LogP contribution in [0.3, 0.4) is 0 Å². The van der Waals surface area contributed by atoms with E-state index in [1.807, 2.05) is 0 Å². The molecule has 1 unspecified atom stereocenters. The summed E-state index contributed by atoms with van der Waals surface area (Å²) in [7, 11) is 0. The van der Waals surface area contributed by atoms with E-state index in [-0.39, 0.29) is 17.4 Å². The predicted molar refractivity (Wildman–Crippen MR) is 97.1 cm³/mol. The summed E-state index contributed by atoms with van der Waals surface area (Å²) >= 11 is 1.45.